The smallest absolute Gasteiger partial charge is 0.251 e. The van der Waals surface area contributed by atoms with Crippen LogP contribution < -0.4 is 10.2 Å². The van der Waals surface area contributed by atoms with Crippen LogP contribution in [0.5, 0.6) is 0 Å². The van der Waals surface area contributed by atoms with Gasteiger partial charge in [0, 0.05) is 62.3 Å². The van der Waals surface area contributed by atoms with E-state index in [4.69, 9.17) is 0 Å². The molecule has 7 nitrogen and oxygen atoms in total. The first kappa shape index (κ1) is 21.4. The fraction of sp³-hybridized carbons (Fsp3) is 0.391. The molecule has 2 aromatic heterocycles. The summed E-state index contributed by atoms with van der Waals surface area (Å²) in [5, 5.41) is 6.20. The van der Waals surface area contributed by atoms with E-state index >= 15 is 0 Å². The van der Waals surface area contributed by atoms with Crippen LogP contribution in [0, 0.1) is 5.92 Å². The zero-order valence-electron chi connectivity index (χ0n) is 17.9. The topological polar surface area (TPSA) is 74.2 Å². The first-order valence-electron chi connectivity index (χ1n) is 10.6. The van der Waals surface area contributed by atoms with Crippen molar-refractivity contribution in [1.82, 2.24) is 25.2 Å². The molecule has 0 radical (unpaired) electrons. The second kappa shape index (κ2) is 9.98. The molecule has 0 bridgehead atoms. The van der Waals surface area contributed by atoms with Gasteiger partial charge in [0.2, 0.25) is 5.95 Å². The molecule has 0 spiro atoms. The highest BCUT2D eigenvalue weighted by molar-refractivity contribution is 7.09. The number of carbonyl (C=O) groups excluding carboxylic acids is 1. The summed E-state index contributed by atoms with van der Waals surface area (Å²) in [7, 11) is 3.87. The Labute approximate surface area is 187 Å². The van der Waals surface area contributed by atoms with E-state index in [1.165, 1.54) is 0 Å². The van der Waals surface area contributed by atoms with Crippen molar-refractivity contribution in [3.05, 3.63) is 70.4 Å². The van der Waals surface area contributed by atoms with Gasteiger partial charge < -0.3 is 10.2 Å². The fourth-order valence-electron chi connectivity index (χ4n) is 4.01. The molecule has 3 heterocycles. The number of benzene rings is 1. The van der Waals surface area contributed by atoms with Crippen molar-refractivity contribution >= 4 is 23.2 Å². The van der Waals surface area contributed by atoms with Gasteiger partial charge in [0.1, 0.15) is 5.01 Å². The highest BCUT2D eigenvalue weighted by atomic mass is 32.1. The predicted molar refractivity (Wildman–Crippen MR) is 123 cm³/mol. The summed E-state index contributed by atoms with van der Waals surface area (Å²) in [5.41, 5.74) is 1.78. The molecule has 1 aliphatic heterocycles. The zero-order chi connectivity index (χ0) is 21.6. The van der Waals surface area contributed by atoms with Gasteiger partial charge in [-0.05, 0) is 37.4 Å². The third-order valence-electron chi connectivity index (χ3n) is 5.55. The highest BCUT2D eigenvalue weighted by Crippen LogP contribution is 2.32. The van der Waals surface area contributed by atoms with Crippen molar-refractivity contribution in [2.75, 3.05) is 32.1 Å². The number of rotatable bonds is 7. The molecule has 1 fully saturated rings. The average Bonchev–Trinajstić information content (AvgIpc) is 3.33. The molecule has 0 unspecified atom stereocenters. The molecule has 31 heavy (non-hydrogen) atoms. The maximum atomic E-state index is 12.9. The summed E-state index contributed by atoms with van der Waals surface area (Å²) in [4.78, 5) is 30.6. The predicted octanol–water partition coefficient (Wildman–Crippen LogP) is 3.38. The number of nitrogens with one attached hydrogen (secondary N) is 1. The Morgan fingerprint density at radius 2 is 2.00 bits per heavy atom. The lowest BCUT2D eigenvalue weighted by molar-refractivity contribution is 0.0877. The molecule has 0 aliphatic carbocycles. The molecule has 1 amide bonds. The standard InChI is InChI=1S/C23H28N6OS/c1-28(2)23-25-13-17(14-26-23)15-29-11-6-9-19(16-29)20(22-24-10-12-31-22)27-21(30)18-7-4-3-5-8-18/h3-5,7-8,10,12-14,19-20H,6,9,11,15-16H2,1-2H3,(H,27,30)/t19-,20+/m1/s1. The van der Waals surface area contributed by atoms with E-state index < -0.39 is 0 Å². The number of hydrogen-bond acceptors (Lipinski definition) is 7. The summed E-state index contributed by atoms with van der Waals surface area (Å²) in [6.07, 6.45) is 7.77. The van der Waals surface area contributed by atoms with Crippen molar-refractivity contribution in [3.8, 4) is 0 Å². The van der Waals surface area contributed by atoms with Gasteiger partial charge in [-0.3, -0.25) is 9.69 Å². The molecule has 0 saturated carbocycles. The lowest BCUT2D eigenvalue weighted by atomic mass is 9.90. The first-order valence-corrected chi connectivity index (χ1v) is 11.4. The fourth-order valence-corrected chi connectivity index (χ4v) is 4.79. The quantitative estimate of drug-likeness (QED) is 0.612. The van der Waals surface area contributed by atoms with Gasteiger partial charge in [-0.1, -0.05) is 18.2 Å². The van der Waals surface area contributed by atoms with Gasteiger partial charge in [0.15, 0.2) is 0 Å². The minimum Gasteiger partial charge on any atom is -0.347 e. The molecule has 4 rings (SSSR count). The van der Waals surface area contributed by atoms with Crippen LogP contribution in [-0.2, 0) is 6.54 Å². The molecule has 3 aromatic rings. The van der Waals surface area contributed by atoms with E-state index in [1.54, 1.807) is 11.3 Å². The molecule has 1 aromatic carbocycles. The molecule has 1 N–H and O–H groups in total. The Bertz CT molecular complexity index is 962. The van der Waals surface area contributed by atoms with E-state index in [1.807, 2.05) is 73.3 Å². The highest BCUT2D eigenvalue weighted by Gasteiger charge is 2.31. The number of carbonyl (C=O) groups is 1. The Kier molecular flexibility index (Phi) is 6.89. The van der Waals surface area contributed by atoms with Crippen LogP contribution in [0.3, 0.4) is 0 Å². The molecular weight excluding hydrogens is 408 g/mol. The van der Waals surface area contributed by atoms with E-state index in [0.29, 0.717) is 17.4 Å². The van der Waals surface area contributed by atoms with Crippen molar-refractivity contribution in [3.63, 3.8) is 0 Å². The van der Waals surface area contributed by atoms with Crippen molar-refractivity contribution in [2.24, 2.45) is 5.92 Å². The Hall–Kier alpha value is -2.84. The van der Waals surface area contributed by atoms with Crippen LogP contribution in [0.2, 0.25) is 0 Å². The Morgan fingerprint density at radius 1 is 1.23 bits per heavy atom. The van der Waals surface area contributed by atoms with Gasteiger partial charge in [0.25, 0.3) is 5.91 Å². The Morgan fingerprint density at radius 3 is 2.68 bits per heavy atom. The van der Waals surface area contributed by atoms with Crippen LogP contribution >= 0.6 is 11.3 Å². The van der Waals surface area contributed by atoms with Crippen LogP contribution in [0.25, 0.3) is 0 Å². The maximum absolute atomic E-state index is 12.9. The largest absolute Gasteiger partial charge is 0.347 e. The normalized spacial score (nSPS) is 17.8. The molecule has 2 atom stereocenters. The van der Waals surface area contributed by atoms with E-state index in [9.17, 15) is 4.79 Å². The van der Waals surface area contributed by atoms with Crippen molar-refractivity contribution < 1.29 is 4.79 Å². The van der Waals surface area contributed by atoms with Crippen LogP contribution in [-0.4, -0.2) is 52.9 Å². The number of anilines is 1. The second-order valence-electron chi connectivity index (χ2n) is 8.11. The van der Waals surface area contributed by atoms with Crippen molar-refractivity contribution in [2.45, 2.75) is 25.4 Å². The lowest BCUT2D eigenvalue weighted by Gasteiger charge is -2.36. The number of aromatic nitrogens is 3. The molecule has 1 aliphatic rings. The summed E-state index contributed by atoms with van der Waals surface area (Å²) in [6, 6.07) is 9.29. The second-order valence-corrected chi connectivity index (χ2v) is 9.04. The van der Waals surface area contributed by atoms with E-state index in [2.05, 4.69) is 25.2 Å². The van der Waals surface area contributed by atoms with Gasteiger partial charge in [0.05, 0.1) is 6.04 Å². The summed E-state index contributed by atoms with van der Waals surface area (Å²) in [5.74, 6) is 0.966. The number of likely N-dealkylation sites (tertiary alicyclic amines) is 1. The van der Waals surface area contributed by atoms with Gasteiger partial charge in [-0.25, -0.2) is 15.0 Å². The lowest BCUT2D eigenvalue weighted by Crippen LogP contribution is -2.42. The van der Waals surface area contributed by atoms with E-state index in [0.717, 1.165) is 43.0 Å². The Balaban J connectivity index is 1.46. The zero-order valence-corrected chi connectivity index (χ0v) is 18.8. The summed E-state index contributed by atoms with van der Waals surface area (Å²) < 4.78 is 0. The number of thiazole rings is 1. The third kappa shape index (κ3) is 5.45. The summed E-state index contributed by atoms with van der Waals surface area (Å²) >= 11 is 1.60. The monoisotopic (exact) mass is 436 g/mol. The molecule has 8 heteroatoms. The van der Waals surface area contributed by atoms with Crippen molar-refractivity contribution in [1.29, 1.82) is 0 Å². The first-order chi connectivity index (χ1) is 15.1. The molecule has 1 saturated heterocycles. The van der Waals surface area contributed by atoms with Gasteiger partial charge in [-0.2, -0.15) is 0 Å². The number of amides is 1. The van der Waals surface area contributed by atoms with Crippen LogP contribution in [0.15, 0.2) is 54.3 Å². The van der Waals surface area contributed by atoms with Crippen LogP contribution in [0.4, 0.5) is 5.95 Å². The minimum atomic E-state index is -0.0946. The third-order valence-corrected chi connectivity index (χ3v) is 6.41. The average molecular weight is 437 g/mol. The van der Waals surface area contributed by atoms with Crippen LogP contribution in [0.1, 0.15) is 39.8 Å². The number of hydrogen-bond donors (Lipinski definition) is 1. The molecular formula is C23H28N6OS. The van der Waals surface area contributed by atoms with Gasteiger partial charge in [-0.15, -0.1) is 11.3 Å². The maximum Gasteiger partial charge on any atom is 0.251 e. The number of piperidine rings is 1. The van der Waals surface area contributed by atoms with Gasteiger partial charge >= 0.3 is 0 Å². The molecule has 162 valence electrons. The number of nitrogens with zero attached hydrogens (tertiary/aromatic N) is 5. The SMILES string of the molecule is CN(C)c1ncc(CN2CCC[C@@H]([C@H](NC(=O)c3ccccc3)c3nccs3)C2)cn1. The van der Waals surface area contributed by atoms with E-state index in [-0.39, 0.29) is 11.9 Å². The summed E-state index contributed by atoms with van der Waals surface area (Å²) in [6.45, 7) is 2.74. The minimum absolute atomic E-state index is 0.0504.